The zero-order chi connectivity index (χ0) is 16.2. The lowest BCUT2D eigenvalue weighted by atomic mass is 9.90. The minimum absolute atomic E-state index is 0.0572. The average Bonchev–Trinajstić information content (AvgIpc) is 3.03. The molecule has 3 aromatic rings. The van der Waals surface area contributed by atoms with E-state index in [-0.39, 0.29) is 6.61 Å². The first-order valence-electron chi connectivity index (χ1n) is 8.58. The Labute approximate surface area is 138 Å². The highest BCUT2D eigenvalue weighted by molar-refractivity contribution is 5.91. The molecule has 120 valence electrons. The van der Waals surface area contributed by atoms with Gasteiger partial charge in [0, 0.05) is 17.1 Å². The average molecular weight is 307 g/mol. The number of aliphatic hydroxyl groups excluding tert-OH is 1. The second kappa shape index (κ2) is 7.01. The minimum Gasteiger partial charge on any atom is -0.392 e. The summed E-state index contributed by atoms with van der Waals surface area (Å²) in [5.41, 5.74) is 5.81. The zero-order valence-corrected chi connectivity index (χ0v) is 14.0. The van der Waals surface area contributed by atoms with Crippen molar-refractivity contribution in [2.45, 2.75) is 45.6 Å². The molecule has 0 saturated carbocycles. The molecule has 0 amide bonds. The van der Waals surface area contributed by atoms with Crippen LogP contribution in [-0.4, -0.2) is 10.1 Å². The van der Waals surface area contributed by atoms with Crippen molar-refractivity contribution < 1.29 is 5.11 Å². The fraction of sp³-hybridized carbons (Fsp3) is 0.333. The van der Waals surface area contributed by atoms with Gasteiger partial charge in [0.2, 0.25) is 0 Å². The van der Waals surface area contributed by atoms with Crippen molar-refractivity contribution in [2.24, 2.45) is 0 Å². The predicted molar refractivity (Wildman–Crippen MR) is 97.6 cm³/mol. The van der Waals surface area contributed by atoms with Crippen LogP contribution < -0.4 is 0 Å². The molecule has 1 unspecified atom stereocenters. The molecular formula is C21H25NO. The molecule has 2 nitrogen and oxygen atoms in total. The maximum atomic E-state index is 9.80. The summed E-state index contributed by atoms with van der Waals surface area (Å²) in [6.07, 6.45) is 5.68. The van der Waals surface area contributed by atoms with Crippen molar-refractivity contribution in [3.8, 4) is 11.1 Å². The van der Waals surface area contributed by atoms with Gasteiger partial charge in [-0.05, 0) is 47.6 Å². The molecule has 2 heteroatoms. The van der Waals surface area contributed by atoms with Crippen LogP contribution in [0.4, 0.5) is 0 Å². The van der Waals surface area contributed by atoms with Gasteiger partial charge < -0.3 is 10.1 Å². The predicted octanol–water partition coefficient (Wildman–Crippen LogP) is 5.62. The Morgan fingerprint density at radius 1 is 1.04 bits per heavy atom. The first-order valence-corrected chi connectivity index (χ1v) is 8.58. The molecule has 0 aliphatic rings. The quantitative estimate of drug-likeness (QED) is 0.609. The summed E-state index contributed by atoms with van der Waals surface area (Å²) in [7, 11) is 0. The number of aromatic nitrogens is 1. The maximum Gasteiger partial charge on any atom is 0.0702 e. The van der Waals surface area contributed by atoms with Gasteiger partial charge in [0.1, 0.15) is 0 Å². The molecular weight excluding hydrogens is 282 g/mol. The summed E-state index contributed by atoms with van der Waals surface area (Å²) in [6, 6.07) is 14.8. The van der Waals surface area contributed by atoms with Crippen molar-refractivity contribution in [3.63, 3.8) is 0 Å². The number of aliphatic hydroxyl groups is 1. The molecule has 0 bridgehead atoms. The van der Waals surface area contributed by atoms with Crippen LogP contribution in [0.1, 0.15) is 50.2 Å². The van der Waals surface area contributed by atoms with Crippen molar-refractivity contribution in [2.75, 3.05) is 0 Å². The minimum atomic E-state index is 0.0572. The first kappa shape index (κ1) is 15.8. The summed E-state index contributed by atoms with van der Waals surface area (Å²) in [5.74, 6) is 0.575. The molecule has 0 aliphatic heterocycles. The topological polar surface area (TPSA) is 36.0 Å². The number of benzene rings is 2. The van der Waals surface area contributed by atoms with Gasteiger partial charge in [-0.25, -0.2) is 0 Å². The Kier molecular flexibility index (Phi) is 4.82. The monoisotopic (exact) mass is 307 g/mol. The Balaban J connectivity index is 2.18. The Morgan fingerprint density at radius 3 is 2.48 bits per heavy atom. The van der Waals surface area contributed by atoms with Crippen molar-refractivity contribution in [1.82, 2.24) is 4.98 Å². The van der Waals surface area contributed by atoms with Gasteiger partial charge >= 0.3 is 0 Å². The number of hydrogen-bond acceptors (Lipinski definition) is 1. The van der Waals surface area contributed by atoms with Crippen LogP contribution in [0, 0.1) is 0 Å². The Hall–Kier alpha value is -2.06. The normalized spacial score (nSPS) is 12.7. The van der Waals surface area contributed by atoms with Crippen LogP contribution in [0.25, 0.3) is 22.0 Å². The third-order valence-corrected chi connectivity index (χ3v) is 4.75. The van der Waals surface area contributed by atoms with Crippen LogP contribution in [0.2, 0.25) is 0 Å². The molecule has 23 heavy (non-hydrogen) atoms. The van der Waals surface area contributed by atoms with E-state index >= 15 is 0 Å². The van der Waals surface area contributed by atoms with Crippen molar-refractivity contribution >= 4 is 10.9 Å². The van der Waals surface area contributed by atoms with E-state index in [1.165, 1.54) is 34.9 Å². The molecule has 2 N–H and O–H groups in total. The standard InChI is InChI=1S/C21H25NO/c1-3-8-15(4-2)20-13-22-21-18(14-23)11-17(12-19(20)21)16-9-6-5-7-10-16/h5-7,9-13,15,22-23H,3-4,8,14H2,1-2H3. The van der Waals surface area contributed by atoms with Crippen LogP contribution in [0.3, 0.4) is 0 Å². The van der Waals surface area contributed by atoms with Crippen molar-refractivity contribution in [1.29, 1.82) is 0 Å². The second-order valence-corrected chi connectivity index (χ2v) is 6.22. The summed E-state index contributed by atoms with van der Waals surface area (Å²) >= 11 is 0. The summed E-state index contributed by atoms with van der Waals surface area (Å²) in [6.45, 7) is 4.56. The van der Waals surface area contributed by atoms with E-state index < -0.39 is 0 Å². The summed E-state index contributed by atoms with van der Waals surface area (Å²) in [4.78, 5) is 3.40. The molecule has 3 rings (SSSR count). The highest BCUT2D eigenvalue weighted by Crippen LogP contribution is 2.35. The lowest BCUT2D eigenvalue weighted by molar-refractivity contribution is 0.283. The molecule has 1 aromatic heterocycles. The van der Waals surface area contributed by atoms with E-state index in [0.717, 1.165) is 17.5 Å². The Morgan fingerprint density at radius 2 is 1.83 bits per heavy atom. The largest absolute Gasteiger partial charge is 0.392 e. The van der Waals surface area contributed by atoms with E-state index in [1.807, 2.05) is 6.07 Å². The molecule has 2 aromatic carbocycles. The molecule has 1 atom stereocenters. The second-order valence-electron chi connectivity index (χ2n) is 6.22. The SMILES string of the molecule is CCCC(CC)c1c[nH]c2c(CO)cc(-c3ccccc3)cc12. The van der Waals surface area contributed by atoms with Gasteiger partial charge in [0.25, 0.3) is 0 Å². The van der Waals surface area contributed by atoms with E-state index in [0.29, 0.717) is 5.92 Å². The van der Waals surface area contributed by atoms with Gasteiger partial charge in [0.05, 0.1) is 12.1 Å². The molecule has 0 spiro atoms. The molecule has 1 heterocycles. The highest BCUT2D eigenvalue weighted by Gasteiger charge is 2.16. The van der Waals surface area contributed by atoms with Gasteiger partial charge in [-0.1, -0.05) is 50.6 Å². The van der Waals surface area contributed by atoms with E-state index in [1.54, 1.807) is 0 Å². The van der Waals surface area contributed by atoms with Crippen LogP contribution in [0.5, 0.6) is 0 Å². The van der Waals surface area contributed by atoms with Crippen LogP contribution >= 0.6 is 0 Å². The lowest BCUT2D eigenvalue weighted by Crippen LogP contribution is -1.96. The number of H-pyrrole nitrogens is 1. The van der Waals surface area contributed by atoms with Crippen molar-refractivity contribution in [3.05, 3.63) is 59.8 Å². The number of aromatic amines is 1. The lowest BCUT2D eigenvalue weighted by Gasteiger charge is -2.14. The molecule has 0 saturated heterocycles. The molecule has 0 aliphatic carbocycles. The van der Waals surface area contributed by atoms with E-state index in [2.05, 4.69) is 61.4 Å². The van der Waals surface area contributed by atoms with Gasteiger partial charge in [-0.3, -0.25) is 0 Å². The smallest absolute Gasteiger partial charge is 0.0702 e. The molecule has 0 radical (unpaired) electrons. The first-order chi connectivity index (χ1) is 11.3. The number of fused-ring (bicyclic) bond motifs is 1. The van der Waals surface area contributed by atoms with E-state index in [9.17, 15) is 5.11 Å². The van der Waals surface area contributed by atoms with Crippen LogP contribution in [-0.2, 0) is 6.61 Å². The summed E-state index contributed by atoms with van der Waals surface area (Å²) < 4.78 is 0. The third kappa shape index (κ3) is 3.04. The number of hydrogen-bond donors (Lipinski definition) is 2. The number of nitrogens with one attached hydrogen (secondary N) is 1. The highest BCUT2D eigenvalue weighted by atomic mass is 16.3. The Bertz CT molecular complexity index is 773. The maximum absolute atomic E-state index is 9.80. The fourth-order valence-electron chi connectivity index (χ4n) is 3.52. The molecule has 0 fully saturated rings. The van der Waals surface area contributed by atoms with Gasteiger partial charge in [0.15, 0.2) is 0 Å². The number of rotatable bonds is 6. The van der Waals surface area contributed by atoms with Gasteiger partial charge in [-0.15, -0.1) is 0 Å². The third-order valence-electron chi connectivity index (χ3n) is 4.75. The summed E-state index contributed by atoms with van der Waals surface area (Å²) in [5, 5.41) is 11.1. The zero-order valence-electron chi connectivity index (χ0n) is 14.0. The fourth-order valence-corrected chi connectivity index (χ4v) is 3.52. The van der Waals surface area contributed by atoms with Crippen LogP contribution in [0.15, 0.2) is 48.7 Å². The van der Waals surface area contributed by atoms with Gasteiger partial charge in [-0.2, -0.15) is 0 Å². The van der Waals surface area contributed by atoms with E-state index in [4.69, 9.17) is 0 Å².